The molecule has 0 bridgehead atoms. The summed E-state index contributed by atoms with van der Waals surface area (Å²) < 4.78 is 5.13. The zero-order valence-corrected chi connectivity index (χ0v) is 14.7. The van der Waals surface area contributed by atoms with Gasteiger partial charge in [-0.2, -0.15) is 0 Å². The third-order valence-electron chi connectivity index (χ3n) is 2.88. The Hall–Kier alpha value is -2.03. The molecule has 9 heteroatoms. The first kappa shape index (κ1) is 21.0. The third-order valence-corrected chi connectivity index (χ3v) is 2.88. The molecule has 0 fully saturated rings. The van der Waals surface area contributed by atoms with Gasteiger partial charge in [-0.3, -0.25) is 15.4 Å². The molecule has 0 aromatic heterocycles. The van der Waals surface area contributed by atoms with Crippen molar-refractivity contribution in [2.75, 3.05) is 13.6 Å². The van der Waals surface area contributed by atoms with Gasteiger partial charge >= 0.3 is 12.1 Å². The molecule has 3 N–H and O–H groups in total. The van der Waals surface area contributed by atoms with Crippen molar-refractivity contribution in [2.24, 2.45) is 0 Å². The van der Waals surface area contributed by atoms with Gasteiger partial charge in [0.1, 0.15) is 11.6 Å². The molecule has 0 aliphatic heterocycles. The second kappa shape index (κ2) is 9.19. The van der Waals surface area contributed by atoms with Gasteiger partial charge in [-0.25, -0.2) is 20.1 Å². The standard InChI is InChI=1S/C14H28N4O5/c1-7-9-10(18(8-2)12(20)16-22)11(19)15-17(6)13(21)23-14(3,4)5/h10,22H,7-9H2,1-6H3,(H,15,19)(H,16,20)/t10-/m0/s1. The summed E-state index contributed by atoms with van der Waals surface area (Å²) in [6, 6.07) is -1.59. The Kier molecular flexibility index (Phi) is 8.38. The molecule has 0 aliphatic carbocycles. The summed E-state index contributed by atoms with van der Waals surface area (Å²) in [7, 11) is 1.36. The minimum Gasteiger partial charge on any atom is -0.442 e. The van der Waals surface area contributed by atoms with E-state index >= 15 is 0 Å². The Labute approximate surface area is 136 Å². The number of carbonyl (C=O) groups is 3. The number of hydroxylamine groups is 1. The maximum Gasteiger partial charge on any atom is 0.428 e. The molecule has 0 saturated heterocycles. The number of amides is 4. The van der Waals surface area contributed by atoms with Crippen LogP contribution >= 0.6 is 0 Å². The maximum absolute atomic E-state index is 12.4. The van der Waals surface area contributed by atoms with Crippen LogP contribution in [0.2, 0.25) is 0 Å². The Morgan fingerprint density at radius 3 is 2.17 bits per heavy atom. The zero-order valence-electron chi connectivity index (χ0n) is 14.7. The monoisotopic (exact) mass is 332 g/mol. The van der Waals surface area contributed by atoms with Crippen molar-refractivity contribution in [3.8, 4) is 0 Å². The van der Waals surface area contributed by atoms with E-state index in [1.165, 1.54) is 17.4 Å². The summed E-state index contributed by atoms with van der Waals surface area (Å²) in [5.74, 6) is -0.536. The van der Waals surface area contributed by atoms with E-state index in [1.54, 1.807) is 27.7 Å². The molecule has 0 unspecified atom stereocenters. The number of hydrogen-bond acceptors (Lipinski definition) is 5. The number of ether oxygens (including phenoxy) is 1. The van der Waals surface area contributed by atoms with Gasteiger partial charge in [0.25, 0.3) is 5.91 Å². The SMILES string of the molecule is CCC[C@@H](C(=O)NN(C)C(=O)OC(C)(C)C)N(CC)C(=O)NO. The lowest BCUT2D eigenvalue weighted by Crippen LogP contribution is -2.56. The van der Waals surface area contributed by atoms with E-state index in [0.29, 0.717) is 12.8 Å². The van der Waals surface area contributed by atoms with E-state index < -0.39 is 29.7 Å². The van der Waals surface area contributed by atoms with Crippen LogP contribution in [0.4, 0.5) is 9.59 Å². The Balaban J connectivity index is 4.97. The Morgan fingerprint density at radius 1 is 1.22 bits per heavy atom. The molecule has 23 heavy (non-hydrogen) atoms. The lowest BCUT2D eigenvalue weighted by Gasteiger charge is -2.31. The fourth-order valence-electron chi connectivity index (χ4n) is 1.89. The summed E-state index contributed by atoms with van der Waals surface area (Å²) in [5.41, 5.74) is 3.23. The fraction of sp³-hybridized carbons (Fsp3) is 0.786. The third kappa shape index (κ3) is 7.18. The Morgan fingerprint density at radius 2 is 1.78 bits per heavy atom. The molecular formula is C14H28N4O5. The average molecular weight is 332 g/mol. The van der Waals surface area contributed by atoms with Gasteiger partial charge in [-0.15, -0.1) is 0 Å². The highest BCUT2D eigenvalue weighted by atomic mass is 16.6. The first-order chi connectivity index (χ1) is 10.6. The molecule has 4 amide bonds. The molecule has 0 spiro atoms. The smallest absolute Gasteiger partial charge is 0.428 e. The van der Waals surface area contributed by atoms with Crippen LogP contribution in [0.3, 0.4) is 0 Å². The lowest BCUT2D eigenvalue weighted by atomic mass is 10.1. The van der Waals surface area contributed by atoms with Crippen molar-refractivity contribution in [3.63, 3.8) is 0 Å². The van der Waals surface area contributed by atoms with Crippen molar-refractivity contribution < 1.29 is 24.3 Å². The molecule has 0 radical (unpaired) electrons. The molecule has 0 aliphatic rings. The molecule has 0 aromatic carbocycles. The number of carbonyl (C=O) groups excluding carboxylic acids is 3. The van der Waals surface area contributed by atoms with E-state index in [2.05, 4.69) is 5.43 Å². The van der Waals surface area contributed by atoms with Crippen LogP contribution in [0.5, 0.6) is 0 Å². The van der Waals surface area contributed by atoms with Gasteiger partial charge in [0.2, 0.25) is 0 Å². The first-order valence-electron chi connectivity index (χ1n) is 7.55. The van der Waals surface area contributed by atoms with Gasteiger partial charge in [-0.05, 0) is 34.1 Å². The van der Waals surface area contributed by atoms with E-state index in [-0.39, 0.29) is 6.54 Å². The quantitative estimate of drug-likeness (QED) is 0.521. The van der Waals surface area contributed by atoms with Crippen LogP contribution in [0.1, 0.15) is 47.5 Å². The largest absolute Gasteiger partial charge is 0.442 e. The van der Waals surface area contributed by atoms with E-state index in [0.717, 1.165) is 5.01 Å². The van der Waals surface area contributed by atoms with Gasteiger partial charge in [-0.1, -0.05) is 13.3 Å². The first-order valence-corrected chi connectivity index (χ1v) is 7.55. The molecule has 9 nitrogen and oxygen atoms in total. The summed E-state index contributed by atoms with van der Waals surface area (Å²) in [6.45, 7) is 8.91. The number of hydrazine groups is 1. The predicted octanol–water partition coefficient (Wildman–Crippen LogP) is 1.47. The number of urea groups is 1. The van der Waals surface area contributed by atoms with Crippen LogP contribution in [0.15, 0.2) is 0 Å². The fourth-order valence-corrected chi connectivity index (χ4v) is 1.89. The molecule has 0 aromatic rings. The van der Waals surface area contributed by atoms with Gasteiger partial charge < -0.3 is 9.64 Å². The second-order valence-corrected chi connectivity index (χ2v) is 6.02. The van der Waals surface area contributed by atoms with Gasteiger partial charge in [0.15, 0.2) is 0 Å². The van der Waals surface area contributed by atoms with Crippen molar-refractivity contribution in [2.45, 2.75) is 59.1 Å². The Bertz CT molecular complexity index is 422. The highest BCUT2D eigenvalue weighted by Crippen LogP contribution is 2.10. The topological polar surface area (TPSA) is 111 Å². The molecule has 1 atom stereocenters. The van der Waals surface area contributed by atoms with Gasteiger partial charge in [0, 0.05) is 13.6 Å². The van der Waals surface area contributed by atoms with Crippen LogP contribution in [0, 0.1) is 0 Å². The second-order valence-electron chi connectivity index (χ2n) is 6.02. The van der Waals surface area contributed by atoms with Crippen LogP contribution < -0.4 is 10.9 Å². The highest BCUT2D eigenvalue weighted by molar-refractivity contribution is 5.87. The number of nitrogens with zero attached hydrogens (tertiary/aromatic N) is 2. The van der Waals surface area contributed by atoms with E-state index in [4.69, 9.17) is 9.94 Å². The van der Waals surface area contributed by atoms with Crippen molar-refractivity contribution >= 4 is 18.0 Å². The van der Waals surface area contributed by atoms with Crippen molar-refractivity contribution in [1.29, 1.82) is 0 Å². The molecular weight excluding hydrogens is 304 g/mol. The lowest BCUT2D eigenvalue weighted by molar-refractivity contribution is -0.130. The molecule has 0 saturated carbocycles. The number of rotatable bonds is 5. The van der Waals surface area contributed by atoms with Crippen molar-refractivity contribution in [1.82, 2.24) is 20.8 Å². The van der Waals surface area contributed by atoms with Crippen LogP contribution in [0.25, 0.3) is 0 Å². The normalized spacial score (nSPS) is 12.1. The zero-order chi connectivity index (χ0) is 18.2. The number of likely N-dealkylation sites (N-methyl/N-ethyl adjacent to an activating group) is 1. The van der Waals surface area contributed by atoms with Crippen molar-refractivity contribution in [3.05, 3.63) is 0 Å². The van der Waals surface area contributed by atoms with E-state index in [9.17, 15) is 14.4 Å². The van der Waals surface area contributed by atoms with Gasteiger partial charge in [0.05, 0.1) is 0 Å². The number of hydrogen-bond donors (Lipinski definition) is 3. The molecule has 0 heterocycles. The van der Waals surface area contributed by atoms with E-state index in [1.807, 2.05) is 6.92 Å². The summed E-state index contributed by atoms with van der Waals surface area (Å²) in [5, 5.41) is 9.71. The minimum atomic E-state index is -0.818. The summed E-state index contributed by atoms with van der Waals surface area (Å²) >= 11 is 0. The summed E-state index contributed by atoms with van der Waals surface area (Å²) in [6.07, 6.45) is 0.314. The number of nitrogens with one attached hydrogen (secondary N) is 2. The highest BCUT2D eigenvalue weighted by Gasteiger charge is 2.30. The predicted molar refractivity (Wildman–Crippen MR) is 83.5 cm³/mol. The molecule has 0 rings (SSSR count). The maximum atomic E-state index is 12.4. The minimum absolute atomic E-state index is 0.223. The van der Waals surface area contributed by atoms with Crippen LogP contribution in [-0.2, 0) is 9.53 Å². The average Bonchev–Trinajstić information content (AvgIpc) is 2.44. The molecule has 134 valence electrons. The van der Waals surface area contributed by atoms with Crippen LogP contribution in [-0.4, -0.2) is 58.4 Å². The summed E-state index contributed by atoms with van der Waals surface area (Å²) in [4.78, 5) is 37.1.